The number of nitrogens with two attached hydrogens (primary N) is 5. The van der Waals surface area contributed by atoms with Gasteiger partial charge in [-0.25, -0.2) is 4.79 Å². The standard InChI is InChI=1S/C28H45N11O5S/c1-45-13-10-20(37-23(40)18(29)7-4-11-34-27(30)31)24(41)39-22(14-16-15-36-19-8-3-2-6-17(16)19)25(42)38-21(26(43)44)9-5-12-35-28(32)33/h2-3,6,8,15,18,20-22,36H,4-5,7,9-14,29H2,1H3,(H,37,40)(H,38,42)(H,39,41)(H,43,44)(H4,30,31,34)(H4,32,33,35). The lowest BCUT2D eigenvalue weighted by Gasteiger charge is -2.25. The highest BCUT2D eigenvalue weighted by Crippen LogP contribution is 2.19. The van der Waals surface area contributed by atoms with Crippen molar-refractivity contribution >= 4 is 58.3 Å². The summed E-state index contributed by atoms with van der Waals surface area (Å²) in [6.45, 7) is 0.487. The predicted molar refractivity (Wildman–Crippen MR) is 176 cm³/mol. The van der Waals surface area contributed by atoms with Gasteiger partial charge >= 0.3 is 5.97 Å². The van der Waals surface area contributed by atoms with Crippen LogP contribution in [0.3, 0.4) is 0 Å². The second-order valence-electron chi connectivity index (χ2n) is 10.4. The van der Waals surface area contributed by atoms with Gasteiger partial charge < -0.3 is 54.7 Å². The molecular formula is C28H45N11O5S. The number of guanidine groups is 2. The fraction of sp³-hybridized carbons (Fsp3) is 0.500. The highest BCUT2D eigenvalue weighted by Gasteiger charge is 2.31. The number of fused-ring (bicyclic) bond motifs is 1. The molecule has 3 amide bonds. The molecule has 0 aliphatic heterocycles. The molecule has 4 unspecified atom stereocenters. The van der Waals surface area contributed by atoms with E-state index in [4.69, 9.17) is 28.7 Å². The largest absolute Gasteiger partial charge is 0.480 e. The molecule has 0 saturated heterocycles. The van der Waals surface area contributed by atoms with Crippen LogP contribution >= 0.6 is 11.8 Å². The molecule has 17 heteroatoms. The minimum Gasteiger partial charge on any atom is -0.480 e. The Morgan fingerprint density at radius 1 is 0.844 bits per heavy atom. The number of carbonyl (C=O) groups excluding carboxylic acids is 3. The van der Waals surface area contributed by atoms with Gasteiger partial charge in [0, 0.05) is 36.6 Å². The molecule has 4 atom stereocenters. The van der Waals surface area contributed by atoms with E-state index in [2.05, 4.69) is 30.9 Å². The first-order valence-electron chi connectivity index (χ1n) is 14.5. The normalized spacial score (nSPS) is 13.6. The second kappa shape index (κ2) is 19.0. The molecule has 1 aromatic carbocycles. The molecule has 2 rings (SSSR count). The maximum atomic E-state index is 13.6. The summed E-state index contributed by atoms with van der Waals surface area (Å²) in [6, 6.07) is 3.12. The van der Waals surface area contributed by atoms with Crippen LogP contribution in [0.2, 0.25) is 0 Å². The predicted octanol–water partition coefficient (Wildman–Crippen LogP) is -1.56. The van der Waals surface area contributed by atoms with Gasteiger partial charge in [0.05, 0.1) is 6.04 Å². The van der Waals surface area contributed by atoms with E-state index in [9.17, 15) is 24.3 Å². The number of hydrogen-bond acceptors (Lipinski definition) is 8. The molecule has 0 radical (unpaired) electrons. The molecular weight excluding hydrogens is 602 g/mol. The number of aliphatic carboxylic acids is 1. The molecule has 0 aliphatic carbocycles. The number of carbonyl (C=O) groups is 4. The number of carboxylic acids is 1. The summed E-state index contributed by atoms with van der Waals surface area (Å²) < 4.78 is 0. The lowest BCUT2D eigenvalue weighted by molar-refractivity contribution is -0.142. The van der Waals surface area contributed by atoms with Gasteiger partial charge in [-0.2, -0.15) is 11.8 Å². The number of thioether (sulfide) groups is 1. The van der Waals surface area contributed by atoms with E-state index in [1.54, 1.807) is 6.20 Å². The Balaban J connectivity index is 2.24. The summed E-state index contributed by atoms with van der Waals surface area (Å²) in [5.41, 5.74) is 28.9. The van der Waals surface area contributed by atoms with Gasteiger partial charge in [-0.1, -0.05) is 18.2 Å². The van der Waals surface area contributed by atoms with Crippen LogP contribution in [0.1, 0.15) is 37.7 Å². The van der Waals surface area contributed by atoms with Crippen LogP contribution in [0.25, 0.3) is 10.9 Å². The van der Waals surface area contributed by atoms with Gasteiger partial charge in [0.25, 0.3) is 0 Å². The minimum atomic E-state index is -1.25. The number of carboxylic acid groups (broad SMARTS) is 1. The van der Waals surface area contributed by atoms with Gasteiger partial charge in [0.2, 0.25) is 17.7 Å². The molecule has 0 fully saturated rings. The lowest BCUT2D eigenvalue weighted by atomic mass is 10.0. The summed E-state index contributed by atoms with van der Waals surface area (Å²) in [7, 11) is 0. The number of benzene rings is 1. The number of aromatic nitrogens is 1. The SMILES string of the molecule is CSCCC(NC(=O)C(N)CCCN=C(N)N)C(=O)NC(Cc1c[nH]c2ccccc12)C(=O)NC(CCCN=C(N)N)C(=O)O. The number of nitrogens with one attached hydrogen (secondary N) is 4. The van der Waals surface area contributed by atoms with Gasteiger partial charge in [0.15, 0.2) is 11.9 Å². The average molecular weight is 648 g/mol. The Labute approximate surface area is 265 Å². The number of aliphatic imine (C=N–C) groups is 2. The van der Waals surface area contributed by atoms with Crippen LogP contribution in [0, 0.1) is 0 Å². The Morgan fingerprint density at radius 2 is 1.42 bits per heavy atom. The van der Waals surface area contributed by atoms with Gasteiger partial charge in [-0.05, 0) is 55.7 Å². The van der Waals surface area contributed by atoms with Gasteiger partial charge in [0.1, 0.15) is 18.1 Å². The van der Waals surface area contributed by atoms with E-state index in [0.717, 1.165) is 16.5 Å². The molecule has 1 aromatic heterocycles. The summed E-state index contributed by atoms with van der Waals surface area (Å²) in [5, 5.41) is 18.6. The van der Waals surface area contributed by atoms with Crippen molar-refractivity contribution in [1.82, 2.24) is 20.9 Å². The Kier molecular flexibility index (Phi) is 15.5. The van der Waals surface area contributed by atoms with Crippen LogP contribution in [0.4, 0.5) is 0 Å². The van der Waals surface area contributed by atoms with E-state index in [-0.39, 0.29) is 44.1 Å². The summed E-state index contributed by atoms with van der Waals surface area (Å²) >= 11 is 1.48. The molecule has 0 aliphatic rings. The Hall–Kier alpha value is -4.51. The molecule has 45 heavy (non-hydrogen) atoms. The van der Waals surface area contributed by atoms with E-state index in [1.165, 1.54) is 11.8 Å². The van der Waals surface area contributed by atoms with Gasteiger partial charge in [-0.15, -0.1) is 0 Å². The van der Waals surface area contributed by atoms with Crippen LogP contribution < -0.4 is 44.6 Å². The molecule has 15 N–H and O–H groups in total. The van der Waals surface area contributed by atoms with E-state index in [0.29, 0.717) is 25.1 Å². The third kappa shape index (κ3) is 12.9. The minimum absolute atomic E-state index is 0.0510. The Morgan fingerprint density at radius 3 is 2.04 bits per heavy atom. The Bertz CT molecular complexity index is 1340. The zero-order chi connectivity index (χ0) is 33.4. The topological polar surface area (TPSA) is 295 Å². The highest BCUT2D eigenvalue weighted by molar-refractivity contribution is 7.98. The third-order valence-corrected chi connectivity index (χ3v) is 7.48. The molecule has 0 saturated carbocycles. The first-order chi connectivity index (χ1) is 21.4. The quantitative estimate of drug-likeness (QED) is 0.0445. The number of para-hydroxylation sites is 1. The highest BCUT2D eigenvalue weighted by atomic mass is 32.2. The second-order valence-corrected chi connectivity index (χ2v) is 11.4. The van der Waals surface area contributed by atoms with Crippen molar-refractivity contribution < 1.29 is 24.3 Å². The van der Waals surface area contributed by atoms with Crippen LogP contribution in [0.5, 0.6) is 0 Å². The smallest absolute Gasteiger partial charge is 0.326 e. The zero-order valence-corrected chi connectivity index (χ0v) is 26.1. The van der Waals surface area contributed by atoms with E-state index >= 15 is 0 Å². The maximum absolute atomic E-state index is 13.6. The lowest BCUT2D eigenvalue weighted by Crippen LogP contribution is -2.57. The van der Waals surface area contributed by atoms with E-state index in [1.807, 2.05) is 30.5 Å². The maximum Gasteiger partial charge on any atom is 0.326 e. The van der Waals surface area contributed by atoms with Crippen molar-refractivity contribution in [2.75, 3.05) is 25.1 Å². The summed E-state index contributed by atoms with van der Waals surface area (Å²) in [4.78, 5) is 62.8. The summed E-state index contributed by atoms with van der Waals surface area (Å²) in [6.07, 6.45) is 5.00. The fourth-order valence-electron chi connectivity index (χ4n) is 4.47. The average Bonchev–Trinajstić information content (AvgIpc) is 3.40. The van der Waals surface area contributed by atoms with Gasteiger partial charge in [-0.3, -0.25) is 24.4 Å². The van der Waals surface area contributed by atoms with Crippen LogP contribution in [-0.2, 0) is 25.6 Å². The monoisotopic (exact) mass is 647 g/mol. The number of nitrogens with zero attached hydrogens (tertiary/aromatic N) is 2. The van der Waals surface area contributed by atoms with Crippen LogP contribution in [-0.4, -0.2) is 95.0 Å². The molecule has 248 valence electrons. The molecule has 1 heterocycles. The third-order valence-electron chi connectivity index (χ3n) is 6.84. The molecule has 0 spiro atoms. The van der Waals surface area contributed by atoms with Crippen molar-refractivity contribution in [3.63, 3.8) is 0 Å². The number of amides is 3. The molecule has 2 aromatic rings. The van der Waals surface area contributed by atoms with Crippen molar-refractivity contribution in [1.29, 1.82) is 0 Å². The number of H-pyrrole nitrogens is 1. The summed E-state index contributed by atoms with van der Waals surface area (Å²) in [5.74, 6) is -2.74. The first-order valence-corrected chi connectivity index (χ1v) is 15.9. The number of aromatic amines is 1. The van der Waals surface area contributed by atoms with E-state index < -0.39 is 47.9 Å². The van der Waals surface area contributed by atoms with Crippen molar-refractivity contribution in [3.05, 3.63) is 36.0 Å². The molecule has 0 bridgehead atoms. The zero-order valence-electron chi connectivity index (χ0n) is 25.3. The first kappa shape index (κ1) is 36.7. The number of hydrogen-bond donors (Lipinski definition) is 10. The van der Waals surface area contributed by atoms with Crippen LogP contribution in [0.15, 0.2) is 40.4 Å². The fourth-order valence-corrected chi connectivity index (χ4v) is 4.94. The van der Waals surface area contributed by atoms with Crippen molar-refractivity contribution in [2.24, 2.45) is 38.7 Å². The number of rotatable bonds is 20. The van der Waals surface area contributed by atoms with Crippen molar-refractivity contribution in [3.8, 4) is 0 Å². The molecule has 16 nitrogen and oxygen atoms in total. The van der Waals surface area contributed by atoms with Crippen molar-refractivity contribution in [2.45, 2.75) is 62.7 Å².